The van der Waals surface area contributed by atoms with Gasteiger partial charge in [0.1, 0.15) is 0 Å². The van der Waals surface area contributed by atoms with Crippen molar-refractivity contribution in [2.24, 2.45) is 23.5 Å². The number of methoxy groups -OCH3 is 1. The van der Waals surface area contributed by atoms with Crippen molar-refractivity contribution in [2.75, 3.05) is 7.11 Å². The summed E-state index contributed by atoms with van der Waals surface area (Å²) < 4.78 is 18.5. The SMILES string of the molecule is COc1ccc(C(=O)C2C3CCC(C3)C2N)cc1F. The molecule has 3 rings (SSSR count). The topological polar surface area (TPSA) is 52.3 Å². The van der Waals surface area contributed by atoms with E-state index >= 15 is 0 Å². The molecule has 4 heteroatoms. The lowest BCUT2D eigenvalue weighted by Crippen LogP contribution is -2.40. The predicted molar refractivity (Wildman–Crippen MR) is 69.6 cm³/mol. The first kappa shape index (κ1) is 12.6. The summed E-state index contributed by atoms with van der Waals surface area (Å²) in [5, 5.41) is 0. The minimum Gasteiger partial charge on any atom is -0.494 e. The van der Waals surface area contributed by atoms with Gasteiger partial charge in [0.05, 0.1) is 7.11 Å². The van der Waals surface area contributed by atoms with E-state index in [1.165, 1.54) is 19.2 Å². The number of hydrogen-bond donors (Lipinski definition) is 1. The van der Waals surface area contributed by atoms with E-state index < -0.39 is 5.82 Å². The Morgan fingerprint density at radius 3 is 2.68 bits per heavy atom. The van der Waals surface area contributed by atoms with Gasteiger partial charge in [-0.15, -0.1) is 0 Å². The van der Waals surface area contributed by atoms with E-state index in [4.69, 9.17) is 10.5 Å². The molecule has 3 nitrogen and oxygen atoms in total. The van der Waals surface area contributed by atoms with Crippen LogP contribution in [0.15, 0.2) is 18.2 Å². The maximum absolute atomic E-state index is 13.7. The number of rotatable bonds is 3. The maximum Gasteiger partial charge on any atom is 0.167 e. The average Bonchev–Trinajstić information content (AvgIpc) is 2.98. The quantitative estimate of drug-likeness (QED) is 0.852. The second-order valence-electron chi connectivity index (χ2n) is 5.65. The molecule has 2 fully saturated rings. The first-order valence-corrected chi connectivity index (χ1v) is 6.75. The monoisotopic (exact) mass is 263 g/mol. The lowest BCUT2D eigenvalue weighted by Gasteiger charge is -2.26. The first-order valence-electron chi connectivity index (χ1n) is 6.75. The molecule has 0 radical (unpaired) electrons. The van der Waals surface area contributed by atoms with Crippen LogP contribution >= 0.6 is 0 Å². The molecule has 0 spiro atoms. The third-order valence-electron chi connectivity index (χ3n) is 4.72. The molecule has 2 saturated carbocycles. The predicted octanol–water partition coefficient (Wildman–Crippen LogP) is 2.39. The Labute approximate surface area is 111 Å². The van der Waals surface area contributed by atoms with Gasteiger partial charge in [0.25, 0.3) is 0 Å². The van der Waals surface area contributed by atoms with Crippen LogP contribution in [-0.4, -0.2) is 18.9 Å². The molecule has 4 atom stereocenters. The van der Waals surface area contributed by atoms with Crippen LogP contribution in [-0.2, 0) is 0 Å². The van der Waals surface area contributed by atoms with Crippen LogP contribution in [0.4, 0.5) is 4.39 Å². The molecule has 0 saturated heterocycles. The summed E-state index contributed by atoms with van der Waals surface area (Å²) in [5.74, 6) is 0.381. The number of Topliss-reactive ketones (excluding diaryl/α,β-unsaturated/α-hetero) is 1. The van der Waals surface area contributed by atoms with E-state index in [2.05, 4.69) is 0 Å². The maximum atomic E-state index is 13.7. The summed E-state index contributed by atoms with van der Waals surface area (Å²) in [4.78, 5) is 12.5. The Balaban J connectivity index is 1.86. The number of hydrogen-bond acceptors (Lipinski definition) is 3. The molecule has 2 bridgehead atoms. The van der Waals surface area contributed by atoms with Gasteiger partial charge in [0.15, 0.2) is 17.3 Å². The van der Waals surface area contributed by atoms with Crippen LogP contribution < -0.4 is 10.5 Å². The van der Waals surface area contributed by atoms with Crippen molar-refractivity contribution < 1.29 is 13.9 Å². The lowest BCUT2D eigenvalue weighted by molar-refractivity contribution is 0.0855. The van der Waals surface area contributed by atoms with Crippen molar-refractivity contribution in [1.82, 2.24) is 0 Å². The number of halogens is 1. The lowest BCUT2D eigenvalue weighted by atomic mass is 9.80. The molecule has 0 amide bonds. The molecule has 4 unspecified atom stereocenters. The van der Waals surface area contributed by atoms with Crippen LogP contribution in [0.5, 0.6) is 5.75 Å². The molecule has 2 aliphatic carbocycles. The molecule has 0 heterocycles. The van der Waals surface area contributed by atoms with Crippen molar-refractivity contribution in [3.05, 3.63) is 29.6 Å². The zero-order chi connectivity index (χ0) is 13.6. The van der Waals surface area contributed by atoms with Gasteiger partial charge in [-0.25, -0.2) is 4.39 Å². The van der Waals surface area contributed by atoms with Gasteiger partial charge in [-0.2, -0.15) is 0 Å². The number of benzene rings is 1. The molecule has 2 aliphatic rings. The Morgan fingerprint density at radius 1 is 1.37 bits per heavy atom. The summed E-state index contributed by atoms with van der Waals surface area (Å²) in [6, 6.07) is 4.33. The summed E-state index contributed by atoms with van der Waals surface area (Å²) in [6.07, 6.45) is 3.26. The first-order chi connectivity index (χ1) is 9.11. The fourth-order valence-corrected chi connectivity index (χ4v) is 3.74. The Kier molecular flexibility index (Phi) is 3.05. The van der Waals surface area contributed by atoms with Gasteiger partial charge < -0.3 is 10.5 Å². The highest BCUT2D eigenvalue weighted by Crippen LogP contribution is 2.48. The smallest absolute Gasteiger partial charge is 0.167 e. The zero-order valence-electron chi connectivity index (χ0n) is 10.9. The minimum absolute atomic E-state index is 0.0127. The molecule has 1 aromatic carbocycles. The summed E-state index contributed by atoms with van der Waals surface area (Å²) in [6.45, 7) is 0. The van der Waals surface area contributed by atoms with Crippen molar-refractivity contribution in [3.63, 3.8) is 0 Å². The minimum atomic E-state index is -0.495. The van der Waals surface area contributed by atoms with E-state index in [0.29, 0.717) is 17.4 Å². The van der Waals surface area contributed by atoms with Gasteiger partial charge in [-0.3, -0.25) is 4.79 Å². The van der Waals surface area contributed by atoms with Gasteiger partial charge in [-0.1, -0.05) is 0 Å². The second-order valence-corrected chi connectivity index (χ2v) is 5.65. The van der Waals surface area contributed by atoms with Crippen LogP contribution in [0.25, 0.3) is 0 Å². The van der Waals surface area contributed by atoms with Crippen molar-refractivity contribution in [2.45, 2.75) is 25.3 Å². The molecule has 19 heavy (non-hydrogen) atoms. The number of ether oxygens (including phenoxy) is 1. The largest absolute Gasteiger partial charge is 0.494 e. The van der Waals surface area contributed by atoms with E-state index in [1.807, 2.05) is 0 Å². The van der Waals surface area contributed by atoms with Crippen molar-refractivity contribution >= 4 is 5.78 Å². The van der Waals surface area contributed by atoms with Crippen LogP contribution in [0, 0.1) is 23.6 Å². The van der Waals surface area contributed by atoms with Crippen molar-refractivity contribution in [1.29, 1.82) is 0 Å². The Morgan fingerprint density at radius 2 is 2.11 bits per heavy atom. The number of carbonyl (C=O) groups excluding carboxylic acids is 1. The Bertz CT molecular complexity index is 515. The number of ketones is 1. The molecular formula is C15H18FNO2. The van der Waals surface area contributed by atoms with Crippen molar-refractivity contribution in [3.8, 4) is 5.75 Å². The third-order valence-corrected chi connectivity index (χ3v) is 4.72. The van der Waals surface area contributed by atoms with E-state index in [9.17, 15) is 9.18 Å². The number of nitrogens with two attached hydrogens (primary N) is 1. The number of carbonyl (C=O) groups is 1. The van der Waals surface area contributed by atoms with Crippen LogP contribution in [0.1, 0.15) is 29.6 Å². The number of fused-ring (bicyclic) bond motifs is 2. The molecule has 0 aliphatic heterocycles. The molecule has 2 N–H and O–H groups in total. The van der Waals surface area contributed by atoms with E-state index in [-0.39, 0.29) is 23.5 Å². The van der Waals surface area contributed by atoms with Crippen LogP contribution in [0.3, 0.4) is 0 Å². The highest BCUT2D eigenvalue weighted by Gasteiger charge is 2.49. The van der Waals surface area contributed by atoms with Crippen LogP contribution in [0.2, 0.25) is 0 Å². The van der Waals surface area contributed by atoms with E-state index in [1.54, 1.807) is 6.07 Å². The third kappa shape index (κ3) is 1.94. The average molecular weight is 263 g/mol. The highest BCUT2D eigenvalue weighted by atomic mass is 19.1. The fraction of sp³-hybridized carbons (Fsp3) is 0.533. The van der Waals surface area contributed by atoms with Gasteiger partial charge in [0, 0.05) is 17.5 Å². The Hall–Kier alpha value is -1.42. The zero-order valence-corrected chi connectivity index (χ0v) is 10.9. The molecule has 1 aromatic rings. The summed E-state index contributed by atoms with van der Waals surface area (Å²) in [7, 11) is 1.41. The highest BCUT2D eigenvalue weighted by molar-refractivity contribution is 5.99. The summed E-state index contributed by atoms with van der Waals surface area (Å²) in [5.41, 5.74) is 6.57. The molecular weight excluding hydrogens is 245 g/mol. The van der Waals surface area contributed by atoms with Gasteiger partial charge in [0.2, 0.25) is 0 Å². The fourth-order valence-electron chi connectivity index (χ4n) is 3.74. The van der Waals surface area contributed by atoms with Gasteiger partial charge in [-0.05, 0) is 49.3 Å². The molecule has 0 aromatic heterocycles. The standard InChI is InChI=1S/C15H18FNO2/c1-19-12-5-4-10(7-11(12)16)15(18)13-8-2-3-9(6-8)14(13)17/h4-5,7-9,13-14H,2-3,6,17H2,1H3. The van der Waals surface area contributed by atoms with E-state index in [0.717, 1.165) is 19.3 Å². The second kappa shape index (κ2) is 4.60. The summed E-state index contributed by atoms with van der Waals surface area (Å²) >= 11 is 0. The van der Waals surface area contributed by atoms with Gasteiger partial charge >= 0.3 is 0 Å². The normalized spacial score (nSPS) is 32.6. The molecule has 102 valence electrons.